The van der Waals surface area contributed by atoms with Crippen LogP contribution >= 0.6 is 22.9 Å². The Morgan fingerprint density at radius 3 is 2.59 bits per heavy atom. The normalized spacial score (nSPS) is 12.6. The molecule has 0 amide bonds. The molecule has 0 radical (unpaired) electrons. The Morgan fingerprint density at radius 2 is 2.00 bits per heavy atom. The fourth-order valence-electron chi connectivity index (χ4n) is 1.96. The second-order valence-electron chi connectivity index (χ2n) is 3.99. The molecule has 2 aromatic rings. The maximum Gasteiger partial charge on any atom is 0.0931 e. The van der Waals surface area contributed by atoms with E-state index >= 15 is 0 Å². The number of nitrogens with one attached hydrogen (secondary N) is 1. The van der Waals surface area contributed by atoms with Gasteiger partial charge in [0.25, 0.3) is 0 Å². The van der Waals surface area contributed by atoms with E-state index in [0.717, 1.165) is 10.9 Å². The summed E-state index contributed by atoms with van der Waals surface area (Å²) in [6, 6.07) is 12.8. The van der Waals surface area contributed by atoms with Crippen molar-refractivity contribution in [1.82, 2.24) is 5.32 Å². The summed E-state index contributed by atoms with van der Waals surface area (Å²) in [4.78, 5) is 1.27. The molecule has 2 rings (SSSR count). The van der Waals surface area contributed by atoms with Crippen LogP contribution in [-0.2, 0) is 0 Å². The Balaban J connectivity index is 2.39. The van der Waals surface area contributed by atoms with Crippen LogP contribution in [0.4, 0.5) is 0 Å². The van der Waals surface area contributed by atoms with Gasteiger partial charge in [0.15, 0.2) is 0 Å². The quantitative estimate of drug-likeness (QED) is 0.864. The van der Waals surface area contributed by atoms with Crippen molar-refractivity contribution in [2.24, 2.45) is 0 Å². The summed E-state index contributed by atoms with van der Waals surface area (Å²) < 4.78 is 0.844. The Labute approximate surface area is 111 Å². The van der Waals surface area contributed by atoms with Crippen molar-refractivity contribution in [1.29, 1.82) is 0 Å². The zero-order valence-corrected chi connectivity index (χ0v) is 11.6. The molecule has 90 valence electrons. The number of hydrogen-bond acceptors (Lipinski definition) is 2. The Hall–Kier alpha value is -0.830. The predicted molar refractivity (Wildman–Crippen MR) is 76.0 cm³/mol. The van der Waals surface area contributed by atoms with E-state index in [9.17, 15) is 0 Å². The molecule has 0 saturated carbocycles. The highest BCUT2D eigenvalue weighted by Gasteiger charge is 2.16. The van der Waals surface area contributed by atoms with Crippen molar-refractivity contribution < 1.29 is 0 Å². The summed E-state index contributed by atoms with van der Waals surface area (Å²) in [7, 11) is 0. The molecular weight excluding hydrogens is 250 g/mol. The van der Waals surface area contributed by atoms with E-state index in [1.54, 1.807) is 11.3 Å². The second-order valence-corrected chi connectivity index (χ2v) is 5.74. The third kappa shape index (κ3) is 2.89. The van der Waals surface area contributed by atoms with E-state index in [1.165, 1.54) is 16.0 Å². The number of halogens is 1. The minimum Gasteiger partial charge on any atom is -0.306 e. The lowest BCUT2D eigenvalue weighted by Crippen LogP contribution is -2.21. The van der Waals surface area contributed by atoms with Crippen molar-refractivity contribution in [2.45, 2.75) is 19.9 Å². The van der Waals surface area contributed by atoms with Gasteiger partial charge in [-0.2, -0.15) is 0 Å². The zero-order chi connectivity index (χ0) is 12.3. The topological polar surface area (TPSA) is 12.0 Å². The predicted octanol–water partition coefficient (Wildman–Crippen LogP) is 4.41. The number of thiophene rings is 1. The summed E-state index contributed by atoms with van der Waals surface area (Å²) in [6.07, 6.45) is 0. The molecule has 1 aromatic heterocycles. The third-order valence-corrected chi connectivity index (χ3v) is 4.08. The number of hydrogen-bond donors (Lipinski definition) is 1. The van der Waals surface area contributed by atoms with Gasteiger partial charge in [-0.05, 0) is 36.7 Å². The van der Waals surface area contributed by atoms with Crippen molar-refractivity contribution in [3.63, 3.8) is 0 Å². The van der Waals surface area contributed by atoms with Crippen LogP contribution in [0.15, 0.2) is 36.4 Å². The van der Waals surface area contributed by atoms with Crippen LogP contribution in [0.3, 0.4) is 0 Å². The molecule has 1 nitrogen and oxygen atoms in total. The van der Waals surface area contributed by atoms with Gasteiger partial charge < -0.3 is 5.32 Å². The van der Waals surface area contributed by atoms with Crippen LogP contribution in [0, 0.1) is 6.92 Å². The van der Waals surface area contributed by atoms with Gasteiger partial charge in [0.1, 0.15) is 0 Å². The molecule has 0 bridgehead atoms. The molecule has 0 saturated heterocycles. The van der Waals surface area contributed by atoms with Crippen molar-refractivity contribution in [2.75, 3.05) is 6.54 Å². The molecule has 0 aliphatic rings. The second kappa shape index (κ2) is 5.67. The maximum absolute atomic E-state index is 6.02. The number of benzene rings is 1. The first-order valence-corrected chi connectivity index (χ1v) is 6.96. The van der Waals surface area contributed by atoms with Gasteiger partial charge in [-0.25, -0.2) is 0 Å². The summed E-state index contributed by atoms with van der Waals surface area (Å²) in [5.41, 5.74) is 2.64. The Morgan fingerprint density at radius 1 is 1.24 bits per heavy atom. The Bertz CT molecular complexity index is 492. The van der Waals surface area contributed by atoms with Gasteiger partial charge in [0, 0.05) is 4.88 Å². The van der Waals surface area contributed by atoms with Gasteiger partial charge in [-0.1, -0.05) is 42.8 Å². The van der Waals surface area contributed by atoms with Gasteiger partial charge in [0.2, 0.25) is 0 Å². The highest BCUT2D eigenvalue weighted by atomic mass is 35.5. The molecule has 0 fully saturated rings. The van der Waals surface area contributed by atoms with Gasteiger partial charge in [-0.3, -0.25) is 0 Å². The molecule has 0 aliphatic carbocycles. The maximum atomic E-state index is 6.02. The SMILES string of the molecule is CCNC(c1ccc(Cl)s1)c1ccccc1C. The molecule has 1 heterocycles. The van der Waals surface area contributed by atoms with E-state index in [0.29, 0.717) is 0 Å². The van der Waals surface area contributed by atoms with Crippen LogP contribution < -0.4 is 5.32 Å². The van der Waals surface area contributed by atoms with Crippen LogP contribution in [-0.4, -0.2) is 6.54 Å². The minimum atomic E-state index is 0.249. The monoisotopic (exact) mass is 265 g/mol. The molecule has 1 unspecified atom stereocenters. The minimum absolute atomic E-state index is 0.249. The van der Waals surface area contributed by atoms with Crippen LogP contribution in [0.25, 0.3) is 0 Å². The molecule has 1 atom stereocenters. The van der Waals surface area contributed by atoms with Gasteiger partial charge in [0.05, 0.1) is 10.4 Å². The summed E-state index contributed by atoms with van der Waals surface area (Å²) in [5.74, 6) is 0. The zero-order valence-electron chi connectivity index (χ0n) is 10.0. The average Bonchev–Trinajstić information content (AvgIpc) is 2.74. The first-order valence-electron chi connectivity index (χ1n) is 5.76. The van der Waals surface area contributed by atoms with E-state index in [4.69, 9.17) is 11.6 Å². The summed E-state index contributed by atoms with van der Waals surface area (Å²) >= 11 is 7.66. The smallest absolute Gasteiger partial charge is 0.0931 e. The number of rotatable bonds is 4. The standard InChI is InChI=1S/C14H16ClNS/c1-3-16-14(12-8-9-13(15)17-12)11-7-5-4-6-10(11)2/h4-9,14,16H,3H2,1-2H3. The van der Waals surface area contributed by atoms with Crippen molar-refractivity contribution in [3.8, 4) is 0 Å². The van der Waals surface area contributed by atoms with E-state index in [-0.39, 0.29) is 6.04 Å². The molecule has 1 N–H and O–H groups in total. The van der Waals surface area contributed by atoms with E-state index < -0.39 is 0 Å². The first-order chi connectivity index (χ1) is 8.22. The summed E-state index contributed by atoms with van der Waals surface area (Å²) in [6.45, 7) is 5.21. The van der Waals surface area contributed by atoms with Gasteiger partial charge >= 0.3 is 0 Å². The first kappa shape index (κ1) is 12.6. The molecule has 1 aromatic carbocycles. The van der Waals surface area contributed by atoms with Crippen LogP contribution in [0.2, 0.25) is 4.34 Å². The molecule has 0 spiro atoms. The van der Waals surface area contributed by atoms with E-state index in [1.807, 2.05) is 6.07 Å². The average molecular weight is 266 g/mol. The molecular formula is C14H16ClNS. The molecule has 17 heavy (non-hydrogen) atoms. The van der Waals surface area contributed by atoms with Crippen LogP contribution in [0.5, 0.6) is 0 Å². The highest BCUT2D eigenvalue weighted by molar-refractivity contribution is 7.16. The van der Waals surface area contributed by atoms with E-state index in [2.05, 4.69) is 49.5 Å². The van der Waals surface area contributed by atoms with Crippen molar-refractivity contribution in [3.05, 3.63) is 56.7 Å². The fourth-order valence-corrected chi connectivity index (χ4v) is 3.12. The van der Waals surface area contributed by atoms with Gasteiger partial charge in [-0.15, -0.1) is 11.3 Å². The lowest BCUT2D eigenvalue weighted by molar-refractivity contribution is 0.637. The lowest BCUT2D eigenvalue weighted by atomic mass is 10.00. The third-order valence-electron chi connectivity index (χ3n) is 2.79. The largest absolute Gasteiger partial charge is 0.306 e. The Kier molecular flexibility index (Phi) is 4.21. The molecule has 0 aliphatic heterocycles. The van der Waals surface area contributed by atoms with Crippen LogP contribution in [0.1, 0.15) is 29.0 Å². The number of aryl methyl sites for hydroxylation is 1. The highest BCUT2D eigenvalue weighted by Crippen LogP contribution is 2.32. The lowest BCUT2D eigenvalue weighted by Gasteiger charge is -2.19. The summed E-state index contributed by atoms with van der Waals surface area (Å²) in [5, 5.41) is 3.52. The fraction of sp³-hybridized carbons (Fsp3) is 0.286. The molecule has 3 heteroatoms. The van der Waals surface area contributed by atoms with Crippen molar-refractivity contribution >= 4 is 22.9 Å².